The summed E-state index contributed by atoms with van der Waals surface area (Å²) in [5, 5.41) is -0.459. The molecule has 0 fully saturated rings. The number of benzene rings is 2. The van der Waals surface area contributed by atoms with E-state index in [2.05, 4.69) is 31.9 Å². The normalized spacial score (nSPS) is 9.90. The van der Waals surface area contributed by atoms with Crippen LogP contribution in [0.1, 0.15) is 0 Å². The Kier molecular flexibility index (Phi) is 7.33. The molecule has 0 heterocycles. The SMILES string of the molecule is COc1cc(Br)cc(F)c1Cl.Fc1cc(Br)cc(F)c1Cl. The highest BCUT2D eigenvalue weighted by atomic mass is 79.9. The van der Waals surface area contributed by atoms with E-state index in [1.165, 1.54) is 13.2 Å². The van der Waals surface area contributed by atoms with Gasteiger partial charge in [-0.15, -0.1) is 0 Å². The Morgan fingerprint density at radius 3 is 1.62 bits per heavy atom. The molecule has 0 aromatic heterocycles. The van der Waals surface area contributed by atoms with E-state index in [1.807, 2.05) is 0 Å². The van der Waals surface area contributed by atoms with Crippen LogP contribution in [0, 0.1) is 17.5 Å². The highest BCUT2D eigenvalue weighted by molar-refractivity contribution is 9.10. The van der Waals surface area contributed by atoms with Crippen molar-refractivity contribution >= 4 is 55.1 Å². The molecule has 0 saturated heterocycles. The fourth-order valence-corrected chi connectivity index (χ4v) is 2.31. The summed E-state index contributed by atoms with van der Waals surface area (Å²) in [5.41, 5.74) is 0. The van der Waals surface area contributed by atoms with Gasteiger partial charge in [-0.25, -0.2) is 13.2 Å². The van der Waals surface area contributed by atoms with Gasteiger partial charge in [0.05, 0.1) is 7.11 Å². The molecule has 0 spiro atoms. The molecule has 0 atom stereocenters. The third-order valence-electron chi connectivity index (χ3n) is 2.13. The van der Waals surface area contributed by atoms with Gasteiger partial charge in [0.25, 0.3) is 0 Å². The van der Waals surface area contributed by atoms with Gasteiger partial charge in [0.15, 0.2) is 0 Å². The lowest BCUT2D eigenvalue weighted by molar-refractivity contribution is 0.411. The van der Waals surface area contributed by atoms with Crippen molar-refractivity contribution in [3.8, 4) is 5.75 Å². The lowest BCUT2D eigenvalue weighted by Gasteiger charge is -2.03. The summed E-state index contributed by atoms with van der Waals surface area (Å²) >= 11 is 16.7. The molecule has 0 aliphatic carbocycles. The second kappa shape index (κ2) is 8.27. The van der Waals surface area contributed by atoms with Gasteiger partial charge in [-0.2, -0.15) is 0 Å². The van der Waals surface area contributed by atoms with Crippen LogP contribution in [0.2, 0.25) is 10.0 Å². The molecule has 0 N–H and O–H groups in total. The highest BCUT2D eigenvalue weighted by Crippen LogP contribution is 2.30. The highest BCUT2D eigenvalue weighted by Gasteiger charge is 2.07. The summed E-state index contributed by atoms with van der Waals surface area (Å²) in [6.07, 6.45) is 0. The number of hydrogen-bond acceptors (Lipinski definition) is 1. The summed E-state index contributed by atoms with van der Waals surface area (Å²) in [6.45, 7) is 0. The minimum atomic E-state index is -0.756. The smallest absolute Gasteiger partial charge is 0.146 e. The quantitative estimate of drug-likeness (QED) is 0.338. The summed E-state index contributed by atoms with van der Waals surface area (Å²) < 4.78 is 43.4. The molecule has 0 aliphatic heterocycles. The number of hydrogen-bond donors (Lipinski definition) is 0. The molecule has 0 bridgehead atoms. The van der Waals surface area contributed by atoms with Crippen molar-refractivity contribution in [1.82, 2.24) is 0 Å². The Bertz CT molecular complexity index is 631. The van der Waals surface area contributed by atoms with Crippen LogP contribution >= 0.6 is 55.1 Å². The van der Waals surface area contributed by atoms with E-state index in [9.17, 15) is 13.2 Å². The van der Waals surface area contributed by atoms with Crippen LogP contribution in [-0.4, -0.2) is 7.11 Å². The molecule has 2 rings (SSSR count). The van der Waals surface area contributed by atoms with Crippen LogP contribution in [-0.2, 0) is 0 Å². The fraction of sp³-hybridized carbons (Fsp3) is 0.0769. The van der Waals surface area contributed by atoms with Crippen LogP contribution in [0.25, 0.3) is 0 Å². The van der Waals surface area contributed by atoms with E-state index in [0.29, 0.717) is 14.7 Å². The minimum Gasteiger partial charge on any atom is -0.495 e. The van der Waals surface area contributed by atoms with Gasteiger partial charge >= 0.3 is 0 Å². The summed E-state index contributed by atoms with van der Waals surface area (Å²) in [4.78, 5) is 0. The zero-order valence-corrected chi connectivity index (χ0v) is 15.0. The maximum atomic E-state index is 12.8. The Balaban J connectivity index is 0.000000211. The molecule has 2 aromatic carbocycles. The standard InChI is InChI=1S/C7H5BrClFO.C6H2BrClF2/c1-11-6-3-4(8)2-5(10)7(6)9;7-3-1-4(9)6(8)5(10)2-3/h2-3H,1H3;1-2H. The van der Waals surface area contributed by atoms with E-state index in [-0.39, 0.29) is 5.02 Å². The van der Waals surface area contributed by atoms with Crippen molar-refractivity contribution in [2.24, 2.45) is 0 Å². The summed E-state index contributed by atoms with van der Waals surface area (Å²) in [6, 6.07) is 5.09. The maximum Gasteiger partial charge on any atom is 0.146 e. The van der Waals surface area contributed by atoms with Gasteiger partial charge in [-0.05, 0) is 24.3 Å². The first kappa shape index (κ1) is 18.6. The second-order valence-electron chi connectivity index (χ2n) is 3.59. The number of methoxy groups -OCH3 is 1. The van der Waals surface area contributed by atoms with Crippen molar-refractivity contribution in [2.45, 2.75) is 0 Å². The molecular formula is C13H7Br2Cl2F3O. The molecule has 0 unspecified atom stereocenters. The van der Waals surface area contributed by atoms with Crippen molar-refractivity contribution in [1.29, 1.82) is 0 Å². The van der Waals surface area contributed by atoms with Crippen molar-refractivity contribution < 1.29 is 17.9 Å². The summed E-state index contributed by atoms with van der Waals surface area (Å²) in [5.74, 6) is -1.67. The Hall–Kier alpha value is -0.430. The largest absolute Gasteiger partial charge is 0.495 e. The van der Waals surface area contributed by atoms with Crippen LogP contribution in [0.4, 0.5) is 13.2 Å². The first-order chi connectivity index (χ1) is 9.76. The summed E-state index contributed by atoms with van der Waals surface area (Å²) in [7, 11) is 1.44. The Labute approximate surface area is 146 Å². The third kappa shape index (κ3) is 5.36. The fourth-order valence-electron chi connectivity index (χ4n) is 1.21. The lowest BCUT2D eigenvalue weighted by Crippen LogP contribution is -1.86. The van der Waals surface area contributed by atoms with Gasteiger partial charge in [0.1, 0.15) is 33.2 Å². The predicted molar refractivity (Wildman–Crippen MR) is 84.7 cm³/mol. The molecule has 2 aromatic rings. The number of halogens is 7. The Morgan fingerprint density at radius 1 is 0.810 bits per heavy atom. The molecule has 8 heteroatoms. The maximum absolute atomic E-state index is 12.8. The number of rotatable bonds is 1. The van der Waals surface area contributed by atoms with Crippen molar-refractivity contribution in [2.75, 3.05) is 7.11 Å². The molecule has 114 valence electrons. The second-order valence-corrected chi connectivity index (χ2v) is 6.17. The van der Waals surface area contributed by atoms with Crippen molar-refractivity contribution in [3.05, 3.63) is 60.7 Å². The average molecular weight is 467 g/mol. The number of ether oxygens (including phenoxy) is 1. The zero-order chi connectivity index (χ0) is 16.2. The van der Waals surface area contributed by atoms with Crippen LogP contribution in [0.5, 0.6) is 5.75 Å². The first-order valence-corrected chi connectivity index (χ1v) is 7.59. The monoisotopic (exact) mass is 464 g/mol. The van der Waals surface area contributed by atoms with Gasteiger partial charge in [-0.1, -0.05) is 55.1 Å². The van der Waals surface area contributed by atoms with Gasteiger partial charge < -0.3 is 4.74 Å². The lowest BCUT2D eigenvalue weighted by atomic mass is 10.3. The molecule has 0 saturated carbocycles. The third-order valence-corrected chi connectivity index (χ3v) is 3.77. The Morgan fingerprint density at radius 2 is 1.19 bits per heavy atom. The molecular weight excluding hydrogens is 460 g/mol. The first-order valence-electron chi connectivity index (χ1n) is 5.24. The van der Waals surface area contributed by atoms with Gasteiger partial charge in [0.2, 0.25) is 0 Å². The van der Waals surface area contributed by atoms with Crippen LogP contribution in [0.15, 0.2) is 33.2 Å². The van der Waals surface area contributed by atoms with E-state index < -0.39 is 22.5 Å². The molecule has 0 amide bonds. The minimum absolute atomic E-state index is 0.00991. The zero-order valence-electron chi connectivity index (χ0n) is 10.4. The van der Waals surface area contributed by atoms with E-state index in [1.54, 1.807) is 6.07 Å². The van der Waals surface area contributed by atoms with Gasteiger partial charge in [-0.3, -0.25) is 0 Å². The molecule has 1 nitrogen and oxygen atoms in total. The topological polar surface area (TPSA) is 9.23 Å². The molecule has 21 heavy (non-hydrogen) atoms. The van der Waals surface area contributed by atoms with Gasteiger partial charge in [0, 0.05) is 8.95 Å². The molecule has 0 aliphatic rings. The average Bonchev–Trinajstić information content (AvgIpc) is 2.40. The van der Waals surface area contributed by atoms with Crippen molar-refractivity contribution in [3.63, 3.8) is 0 Å². The molecule has 0 radical (unpaired) electrons. The van der Waals surface area contributed by atoms with Crippen LogP contribution in [0.3, 0.4) is 0 Å². The predicted octanol–water partition coefficient (Wildman–Crippen LogP) is 6.63. The van der Waals surface area contributed by atoms with Crippen LogP contribution < -0.4 is 4.74 Å². The van der Waals surface area contributed by atoms with E-state index >= 15 is 0 Å². The van der Waals surface area contributed by atoms with E-state index in [0.717, 1.165) is 12.1 Å². The van der Waals surface area contributed by atoms with E-state index in [4.69, 9.17) is 27.9 Å².